The first-order valence-corrected chi connectivity index (χ1v) is 8.55. The van der Waals surface area contributed by atoms with Gasteiger partial charge < -0.3 is 0 Å². The molecule has 0 N–H and O–H groups in total. The van der Waals surface area contributed by atoms with Crippen LogP contribution in [0.1, 0.15) is 66.2 Å². The highest BCUT2D eigenvalue weighted by molar-refractivity contribution is 5.40. The molecule has 0 spiro atoms. The molecule has 0 heterocycles. The quantitative estimate of drug-likeness (QED) is 0.578. The van der Waals surface area contributed by atoms with Crippen LogP contribution in [0, 0.1) is 29.1 Å². The minimum absolute atomic E-state index is 0.323. The van der Waals surface area contributed by atoms with Crippen LogP contribution in [0.2, 0.25) is 0 Å². The van der Waals surface area contributed by atoms with Crippen LogP contribution >= 0.6 is 0 Å². The topological polar surface area (TPSA) is 58.9 Å². The summed E-state index contributed by atoms with van der Waals surface area (Å²) in [6.45, 7) is 8.73. The van der Waals surface area contributed by atoms with Crippen LogP contribution in [0.4, 0.5) is 0 Å². The summed E-state index contributed by atoms with van der Waals surface area (Å²) in [5.74, 6) is 2.50. The summed E-state index contributed by atoms with van der Waals surface area (Å²) in [5, 5.41) is 0. The van der Waals surface area contributed by atoms with Crippen LogP contribution in [0.15, 0.2) is 9.98 Å². The summed E-state index contributed by atoms with van der Waals surface area (Å²) in [6, 6.07) is 0. The van der Waals surface area contributed by atoms with E-state index in [0.29, 0.717) is 18.3 Å². The maximum Gasteiger partial charge on any atom is 0.237 e. The van der Waals surface area contributed by atoms with Gasteiger partial charge in [0.05, 0.1) is 0 Å². The van der Waals surface area contributed by atoms with E-state index < -0.39 is 5.66 Å². The van der Waals surface area contributed by atoms with Gasteiger partial charge in [-0.15, -0.1) is 0 Å². The van der Waals surface area contributed by atoms with E-state index in [9.17, 15) is 9.59 Å². The van der Waals surface area contributed by atoms with Crippen molar-refractivity contribution in [1.29, 1.82) is 0 Å². The molecule has 4 atom stereocenters. The van der Waals surface area contributed by atoms with Gasteiger partial charge in [-0.3, -0.25) is 0 Å². The van der Waals surface area contributed by atoms with Crippen molar-refractivity contribution in [3.63, 3.8) is 0 Å². The van der Waals surface area contributed by atoms with Crippen LogP contribution in [-0.2, 0) is 9.59 Å². The molecule has 2 fully saturated rings. The zero-order chi connectivity index (χ0) is 16.4. The summed E-state index contributed by atoms with van der Waals surface area (Å²) in [5.41, 5.74) is -1.31. The molecule has 0 amide bonds. The predicted octanol–water partition coefficient (Wildman–Crippen LogP) is 4.25. The zero-order valence-electron chi connectivity index (χ0n) is 14.3. The Balaban J connectivity index is 2.31. The average Bonchev–Trinajstić information content (AvgIpc) is 2.44. The summed E-state index contributed by atoms with van der Waals surface area (Å²) < 4.78 is 0. The Hall–Kier alpha value is -1.24. The molecule has 0 aromatic rings. The molecule has 0 radical (unpaired) electrons. The molecule has 2 aliphatic rings. The molecule has 2 aliphatic carbocycles. The van der Waals surface area contributed by atoms with Gasteiger partial charge in [0.25, 0.3) is 0 Å². The SMILES string of the molecule is CC1CCCCC1C1CC(C)(C)C(N=C=O)(N=C=O)CC1C. The minimum Gasteiger partial charge on any atom is -0.211 e. The molecule has 2 rings (SSSR count). The second kappa shape index (κ2) is 6.48. The van der Waals surface area contributed by atoms with Gasteiger partial charge in [0.15, 0.2) is 5.66 Å². The third kappa shape index (κ3) is 2.95. The Morgan fingerprint density at radius 2 is 1.45 bits per heavy atom. The molecule has 122 valence electrons. The van der Waals surface area contributed by atoms with E-state index >= 15 is 0 Å². The lowest BCUT2D eigenvalue weighted by Crippen LogP contribution is -2.51. The molecule has 0 bridgehead atoms. The molecule has 0 aliphatic heterocycles. The first-order chi connectivity index (χ1) is 10.4. The normalized spacial score (nSPS) is 41.1. The van der Waals surface area contributed by atoms with Crippen LogP contribution in [0.5, 0.6) is 0 Å². The van der Waals surface area contributed by atoms with E-state index in [0.717, 1.165) is 18.3 Å². The maximum absolute atomic E-state index is 10.9. The fourth-order valence-electron chi connectivity index (χ4n) is 4.95. The van der Waals surface area contributed by atoms with Crippen molar-refractivity contribution < 1.29 is 9.59 Å². The molecule has 4 nitrogen and oxygen atoms in total. The van der Waals surface area contributed by atoms with Crippen molar-refractivity contribution >= 4 is 12.2 Å². The Morgan fingerprint density at radius 1 is 0.864 bits per heavy atom. The van der Waals surface area contributed by atoms with Crippen molar-refractivity contribution in [2.45, 2.75) is 71.9 Å². The fourth-order valence-corrected chi connectivity index (χ4v) is 4.95. The summed E-state index contributed by atoms with van der Waals surface area (Å²) >= 11 is 0. The largest absolute Gasteiger partial charge is 0.237 e. The van der Waals surface area contributed by atoms with Crippen LogP contribution in [0.25, 0.3) is 0 Å². The molecular formula is C18H28N2O2. The van der Waals surface area contributed by atoms with E-state index in [1.165, 1.54) is 25.7 Å². The predicted molar refractivity (Wildman–Crippen MR) is 85.8 cm³/mol. The molecule has 22 heavy (non-hydrogen) atoms. The number of rotatable bonds is 3. The van der Waals surface area contributed by atoms with Gasteiger partial charge in [-0.05, 0) is 42.9 Å². The molecular weight excluding hydrogens is 276 g/mol. The minimum atomic E-state index is -0.982. The van der Waals surface area contributed by atoms with Gasteiger partial charge in [-0.25, -0.2) is 9.59 Å². The number of aliphatic imine (C=N–C) groups is 2. The highest BCUT2D eigenvalue weighted by Crippen LogP contribution is 2.55. The molecule has 0 saturated heterocycles. The summed E-state index contributed by atoms with van der Waals surface area (Å²) in [4.78, 5) is 29.7. The third-order valence-corrected chi connectivity index (χ3v) is 6.36. The fraction of sp³-hybridized carbons (Fsp3) is 0.889. The Morgan fingerprint density at radius 3 is 2.00 bits per heavy atom. The van der Waals surface area contributed by atoms with E-state index in [-0.39, 0.29) is 5.41 Å². The van der Waals surface area contributed by atoms with Crippen LogP contribution in [-0.4, -0.2) is 17.8 Å². The standard InChI is InChI=1S/C18H28N2O2/c1-13-7-5-6-8-15(13)16-10-17(3,4)18(19-11-21,20-12-22)9-14(16)2/h13-16H,5-10H2,1-4H3. The van der Waals surface area contributed by atoms with Crippen molar-refractivity contribution in [2.75, 3.05) is 0 Å². The first kappa shape index (κ1) is 17.1. The Bertz CT molecular complexity index is 483. The second-order valence-electron chi connectivity index (χ2n) is 8.08. The monoisotopic (exact) mass is 304 g/mol. The van der Waals surface area contributed by atoms with Crippen molar-refractivity contribution in [3.05, 3.63) is 0 Å². The zero-order valence-corrected chi connectivity index (χ0v) is 14.3. The third-order valence-electron chi connectivity index (χ3n) is 6.36. The van der Waals surface area contributed by atoms with Gasteiger partial charge >= 0.3 is 0 Å². The average molecular weight is 304 g/mol. The molecule has 4 unspecified atom stereocenters. The highest BCUT2D eigenvalue weighted by Gasteiger charge is 2.54. The number of carbonyl (C=O) groups excluding carboxylic acids is 2. The van der Waals surface area contributed by atoms with E-state index in [4.69, 9.17) is 0 Å². The smallest absolute Gasteiger partial charge is 0.211 e. The van der Waals surface area contributed by atoms with E-state index in [1.54, 1.807) is 12.2 Å². The Kier molecular flexibility index (Phi) is 5.04. The Labute approximate surface area is 133 Å². The number of hydrogen-bond donors (Lipinski definition) is 0. The molecule has 2 saturated carbocycles. The van der Waals surface area contributed by atoms with Crippen molar-refractivity contribution in [1.82, 2.24) is 0 Å². The highest BCUT2D eigenvalue weighted by atomic mass is 16.1. The van der Waals surface area contributed by atoms with Crippen molar-refractivity contribution in [3.8, 4) is 0 Å². The van der Waals surface area contributed by atoms with Gasteiger partial charge in [-0.2, -0.15) is 9.98 Å². The summed E-state index contributed by atoms with van der Waals surface area (Å²) in [6.07, 6.45) is 10.2. The number of hydrogen-bond acceptors (Lipinski definition) is 4. The lowest BCUT2D eigenvalue weighted by molar-refractivity contribution is -0.0126. The molecule has 0 aromatic carbocycles. The van der Waals surface area contributed by atoms with E-state index in [1.807, 2.05) is 0 Å². The van der Waals surface area contributed by atoms with Gasteiger partial charge in [0, 0.05) is 5.41 Å². The van der Waals surface area contributed by atoms with Gasteiger partial charge in [-0.1, -0.05) is 47.0 Å². The number of nitrogens with zero attached hydrogens (tertiary/aromatic N) is 2. The van der Waals surface area contributed by atoms with Crippen molar-refractivity contribution in [2.24, 2.45) is 39.1 Å². The first-order valence-electron chi connectivity index (χ1n) is 8.55. The summed E-state index contributed by atoms with van der Waals surface area (Å²) in [7, 11) is 0. The van der Waals surface area contributed by atoms with Crippen LogP contribution < -0.4 is 0 Å². The maximum atomic E-state index is 10.9. The van der Waals surface area contributed by atoms with Gasteiger partial charge in [0.2, 0.25) is 12.2 Å². The van der Waals surface area contributed by atoms with Gasteiger partial charge in [0.1, 0.15) is 0 Å². The number of isocyanates is 2. The van der Waals surface area contributed by atoms with Crippen LogP contribution in [0.3, 0.4) is 0 Å². The lowest BCUT2D eigenvalue weighted by atomic mass is 9.55. The molecule has 0 aromatic heterocycles. The lowest BCUT2D eigenvalue weighted by Gasteiger charge is -2.52. The second-order valence-corrected chi connectivity index (χ2v) is 8.08. The van der Waals surface area contributed by atoms with E-state index in [2.05, 4.69) is 37.7 Å². The molecule has 4 heteroatoms.